The average molecular weight is 236 g/mol. The number of nitrogens with two attached hydrogens (primary N) is 1. The number of carbonyl (C=O) groups excluding carboxylic acids is 1. The molecule has 5 nitrogen and oxygen atoms in total. The van der Waals surface area contributed by atoms with Gasteiger partial charge in [-0.3, -0.25) is 9.48 Å². The van der Waals surface area contributed by atoms with Gasteiger partial charge in [0.15, 0.2) is 0 Å². The number of rotatable bonds is 4. The van der Waals surface area contributed by atoms with Crippen molar-refractivity contribution in [1.29, 1.82) is 0 Å². The predicted molar refractivity (Wildman–Crippen MR) is 66.5 cm³/mol. The predicted octanol–water partition coefficient (Wildman–Crippen LogP) is 1.36. The van der Waals surface area contributed by atoms with Crippen LogP contribution in [-0.2, 0) is 11.3 Å². The van der Waals surface area contributed by atoms with Gasteiger partial charge >= 0.3 is 0 Å². The maximum atomic E-state index is 11.8. The summed E-state index contributed by atoms with van der Waals surface area (Å²) in [4.78, 5) is 11.8. The lowest BCUT2D eigenvalue weighted by Gasteiger charge is -2.14. The Labute approximate surface area is 101 Å². The summed E-state index contributed by atoms with van der Waals surface area (Å²) in [6.07, 6.45) is 7.31. The Morgan fingerprint density at radius 3 is 3.06 bits per heavy atom. The highest BCUT2D eigenvalue weighted by Crippen LogP contribution is 2.27. The first-order valence-corrected chi connectivity index (χ1v) is 6.27. The molecule has 2 atom stereocenters. The lowest BCUT2D eigenvalue weighted by atomic mass is 10.00. The van der Waals surface area contributed by atoms with Crippen LogP contribution in [0.25, 0.3) is 0 Å². The van der Waals surface area contributed by atoms with Gasteiger partial charge in [-0.15, -0.1) is 0 Å². The van der Waals surface area contributed by atoms with Crippen LogP contribution in [0.5, 0.6) is 0 Å². The maximum absolute atomic E-state index is 11.8. The molecule has 1 amide bonds. The van der Waals surface area contributed by atoms with Gasteiger partial charge in [0.2, 0.25) is 5.91 Å². The van der Waals surface area contributed by atoms with Crippen molar-refractivity contribution in [2.24, 2.45) is 11.7 Å². The van der Waals surface area contributed by atoms with Crippen LogP contribution in [0.1, 0.15) is 32.6 Å². The van der Waals surface area contributed by atoms with Crippen molar-refractivity contribution in [1.82, 2.24) is 9.78 Å². The van der Waals surface area contributed by atoms with Crippen molar-refractivity contribution in [2.75, 3.05) is 5.32 Å². The van der Waals surface area contributed by atoms with Gasteiger partial charge in [-0.05, 0) is 25.7 Å². The van der Waals surface area contributed by atoms with Gasteiger partial charge in [0, 0.05) is 25.2 Å². The topological polar surface area (TPSA) is 72.9 Å². The second-order valence-corrected chi connectivity index (χ2v) is 4.69. The van der Waals surface area contributed by atoms with Gasteiger partial charge < -0.3 is 11.1 Å². The molecule has 1 aliphatic carbocycles. The molecule has 1 heterocycles. The number of nitrogens with one attached hydrogen (secondary N) is 1. The molecule has 2 rings (SSSR count). The molecular weight excluding hydrogens is 216 g/mol. The van der Waals surface area contributed by atoms with Gasteiger partial charge in [0.05, 0.1) is 11.9 Å². The van der Waals surface area contributed by atoms with Gasteiger partial charge in [-0.1, -0.05) is 6.42 Å². The van der Waals surface area contributed by atoms with E-state index in [2.05, 4.69) is 10.4 Å². The molecule has 1 fully saturated rings. The molecule has 0 unspecified atom stereocenters. The highest BCUT2D eigenvalue weighted by molar-refractivity contribution is 5.90. The molecule has 5 heteroatoms. The highest BCUT2D eigenvalue weighted by Gasteiger charge is 2.26. The van der Waals surface area contributed by atoms with Crippen molar-refractivity contribution in [3.05, 3.63) is 12.4 Å². The van der Waals surface area contributed by atoms with Crippen molar-refractivity contribution in [3.63, 3.8) is 0 Å². The van der Waals surface area contributed by atoms with Crippen molar-refractivity contribution < 1.29 is 4.79 Å². The van der Waals surface area contributed by atoms with E-state index in [1.165, 1.54) is 0 Å². The Morgan fingerprint density at radius 1 is 1.65 bits per heavy atom. The molecule has 0 aliphatic heterocycles. The van der Waals surface area contributed by atoms with E-state index in [9.17, 15) is 4.79 Å². The lowest BCUT2D eigenvalue weighted by molar-refractivity contribution is -0.117. The van der Waals surface area contributed by atoms with Crippen LogP contribution in [0, 0.1) is 5.92 Å². The minimum atomic E-state index is 0.0444. The number of nitrogens with zero attached hydrogens (tertiary/aromatic N) is 2. The molecule has 0 bridgehead atoms. The zero-order valence-electron chi connectivity index (χ0n) is 10.2. The summed E-state index contributed by atoms with van der Waals surface area (Å²) in [5.41, 5.74) is 6.72. The minimum absolute atomic E-state index is 0.0444. The first-order valence-electron chi connectivity index (χ1n) is 6.27. The molecule has 1 saturated carbocycles. The van der Waals surface area contributed by atoms with Crippen LogP contribution >= 0.6 is 0 Å². The number of hydrogen-bond donors (Lipinski definition) is 2. The number of hydrogen-bond acceptors (Lipinski definition) is 3. The summed E-state index contributed by atoms with van der Waals surface area (Å²) in [6.45, 7) is 2.82. The molecule has 1 aromatic heterocycles. The number of carbonyl (C=O) groups is 1. The van der Waals surface area contributed by atoms with E-state index in [1.807, 2.05) is 13.1 Å². The largest absolute Gasteiger partial charge is 0.327 e. The Kier molecular flexibility index (Phi) is 3.78. The standard InChI is InChI=1S/C12H20N4O/c1-2-16-8-10(7-14-16)15-12(17)6-9-4-3-5-11(9)13/h7-9,11H,2-6,13H2,1H3,(H,15,17)/t9-,11+/m0/s1. The Morgan fingerprint density at radius 2 is 2.47 bits per heavy atom. The number of anilines is 1. The van der Waals surface area contributed by atoms with Crippen LogP contribution in [0.2, 0.25) is 0 Å². The zero-order valence-corrected chi connectivity index (χ0v) is 10.2. The smallest absolute Gasteiger partial charge is 0.224 e. The number of aromatic nitrogens is 2. The monoisotopic (exact) mass is 236 g/mol. The Bertz CT molecular complexity index is 388. The van der Waals surface area contributed by atoms with E-state index in [1.54, 1.807) is 10.9 Å². The molecule has 0 spiro atoms. The normalized spacial score (nSPS) is 23.9. The number of aryl methyl sites for hydroxylation is 1. The van der Waals surface area contributed by atoms with E-state index in [-0.39, 0.29) is 11.9 Å². The molecule has 0 radical (unpaired) electrons. The fourth-order valence-corrected chi connectivity index (χ4v) is 2.37. The minimum Gasteiger partial charge on any atom is -0.327 e. The molecular formula is C12H20N4O. The summed E-state index contributed by atoms with van der Waals surface area (Å²) < 4.78 is 1.79. The summed E-state index contributed by atoms with van der Waals surface area (Å²) in [5, 5.41) is 6.98. The van der Waals surface area contributed by atoms with E-state index in [0.29, 0.717) is 12.3 Å². The zero-order chi connectivity index (χ0) is 12.3. The van der Waals surface area contributed by atoms with E-state index >= 15 is 0 Å². The molecule has 0 saturated heterocycles. The molecule has 1 aliphatic rings. The summed E-state index contributed by atoms with van der Waals surface area (Å²) >= 11 is 0. The molecule has 3 N–H and O–H groups in total. The Balaban J connectivity index is 1.84. The third kappa shape index (κ3) is 3.06. The molecule has 1 aromatic rings. The average Bonchev–Trinajstić information content (AvgIpc) is 2.89. The summed E-state index contributed by atoms with van der Waals surface area (Å²) in [6, 6.07) is 0.194. The van der Waals surface area contributed by atoms with Crippen molar-refractivity contribution in [3.8, 4) is 0 Å². The SMILES string of the molecule is CCn1cc(NC(=O)C[C@@H]2CCC[C@H]2N)cn1. The van der Waals surface area contributed by atoms with E-state index < -0.39 is 0 Å². The first kappa shape index (κ1) is 12.1. The third-order valence-corrected chi connectivity index (χ3v) is 3.41. The molecule has 17 heavy (non-hydrogen) atoms. The maximum Gasteiger partial charge on any atom is 0.224 e. The molecule has 94 valence electrons. The fraction of sp³-hybridized carbons (Fsp3) is 0.667. The second kappa shape index (κ2) is 5.31. The van der Waals surface area contributed by atoms with E-state index in [0.717, 1.165) is 31.5 Å². The lowest BCUT2D eigenvalue weighted by Crippen LogP contribution is -2.28. The van der Waals surface area contributed by atoms with Crippen molar-refractivity contribution in [2.45, 2.75) is 45.2 Å². The van der Waals surface area contributed by atoms with Gasteiger partial charge in [0.25, 0.3) is 0 Å². The van der Waals surface area contributed by atoms with Crippen LogP contribution in [-0.4, -0.2) is 21.7 Å². The fourth-order valence-electron chi connectivity index (χ4n) is 2.37. The summed E-state index contributed by atoms with van der Waals surface area (Å²) in [5.74, 6) is 0.388. The van der Waals surface area contributed by atoms with Crippen molar-refractivity contribution >= 4 is 11.6 Å². The van der Waals surface area contributed by atoms with Gasteiger partial charge in [0.1, 0.15) is 0 Å². The third-order valence-electron chi connectivity index (χ3n) is 3.41. The van der Waals surface area contributed by atoms with E-state index in [4.69, 9.17) is 5.73 Å². The molecule has 0 aromatic carbocycles. The number of amides is 1. The van der Waals surface area contributed by atoms with Gasteiger partial charge in [-0.2, -0.15) is 5.10 Å². The highest BCUT2D eigenvalue weighted by atomic mass is 16.1. The van der Waals surface area contributed by atoms with Crippen LogP contribution in [0.4, 0.5) is 5.69 Å². The summed E-state index contributed by atoms with van der Waals surface area (Å²) in [7, 11) is 0. The van der Waals surface area contributed by atoms with Crippen LogP contribution in [0.15, 0.2) is 12.4 Å². The van der Waals surface area contributed by atoms with Crippen LogP contribution in [0.3, 0.4) is 0 Å². The first-order chi connectivity index (χ1) is 8.19. The second-order valence-electron chi connectivity index (χ2n) is 4.69. The van der Waals surface area contributed by atoms with Crippen LogP contribution < -0.4 is 11.1 Å². The van der Waals surface area contributed by atoms with Gasteiger partial charge in [-0.25, -0.2) is 0 Å². The Hall–Kier alpha value is -1.36. The quantitative estimate of drug-likeness (QED) is 0.829.